The molecule has 0 spiro atoms. The molecule has 0 bridgehead atoms. The van der Waals surface area contributed by atoms with Crippen LogP contribution in [0.5, 0.6) is 0 Å². The van der Waals surface area contributed by atoms with Crippen LogP contribution in [0.2, 0.25) is 0 Å². The van der Waals surface area contributed by atoms with E-state index in [0.717, 1.165) is 129 Å². The zero-order chi connectivity index (χ0) is 52.6. The van der Waals surface area contributed by atoms with Gasteiger partial charge in [0.1, 0.15) is 0 Å². The summed E-state index contributed by atoms with van der Waals surface area (Å²) in [6, 6.07) is 59.1. The fraction of sp³-hybridized carbons (Fsp3) is 0.156. The van der Waals surface area contributed by atoms with Crippen molar-refractivity contribution >= 4 is 0 Å². The Bertz CT molecular complexity index is 3040. The Kier molecular flexibility index (Phi) is 21.9. The predicted molar refractivity (Wildman–Crippen MR) is 300 cm³/mol. The van der Waals surface area contributed by atoms with Gasteiger partial charge in [-0.2, -0.15) is 34.2 Å². The summed E-state index contributed by atoms with van der Waals surface area (Å²) in [6.07, 6.45) is 15.8. The molecule has 406 valence electrons. The summed E-state index contributed by atoms with van der Waals surface area (Å²) in [6.45, 7) is 4.00. The number of pyridine rings is 6. The van der Waals surface area contributed by atoms with Gasteiger partial charge in [-0.25, -0.2) is 0 Å². The molecule has 0 unspecified atom stereocenters. The van der Waals surface area contributed by atoms with Crippen LogP contribution in [0.15, 0.2) is 219 Å². The average Bonchev–Trinajstić information content (AvgIpc) is 4.57. The summed E-state index contributed by atoms with van der Waals surface area (Å²) in [5, 5.41) is 0. The molecule has 14 nitrogen and oxygen atoms in total. The molecule has 0 saturated carbocycles. The fourth-order valence-corrected chi connectivity index (χ4v) is 9.10. The molecule has 0 atom stereocenters. The van der Waals surface area contributed by atoms with Gasteiger partial charge >= 0.3 is 51.2 Å². The van der Waals surface area contributed by atoms with E-state index in [9.17, 15) is 0 Å². The Balaban J connectivity index is 0.000000175. The maximum absolute atomic E-state index is 4.94. The van der Waals surface area contributed by atoms with Crippen LogP contribution in [0.1, 0.15) is 71.7 Å². The molecule has 12 aromatic rings. The Morgan fingerprint density at radius 1 is 0.247 bits per heavy atom. The zero-order valence-corrected chi connectivity index (χ0v) is 47.2. The minimum atomic E-state index is -0.229. The van der Waals surface area contributed by atoms with Crippen molar-refractivity contribution < 1.29 is 60.7 Å². The minimum Gasteiger partial charge on any atom is -0.659 e. The van der Waals surface area contributed by atoms with Crippen LogP contribution in [0.25, 0.3) is 68.3 Å². The van der Waals surface area contributed by atoms with Gasteiger partial charge in [-0.3, -0.25) is 29.9 Å². The van der Waals surface area contributed by atoms with Crippen LogP contribution in [0.4, 0.5) is 0 Å². The van der Waals surface area contributed by atoms with E-state index < -0.39 is 0 Å². The summed E-state index contributed by atoms with van der Waals surface area (Å²) in [5.74, 6) is -0.459. The second-order valence-electron chi connectivity index (χ2n) is 18.3. The van der Waals surface area contributed by atoms with Crippen molar-refractivity contribution in [1.82, 2.24) is 59.8 Å². The molecule has 17 heteroatoms. The molecule has 0 aromatic carbocycles. The van der Waals surface area contributed by atoms with E-state index in [2.05, 4.69) is 29.9 Å². The van der Waals surface area contributed by atoms with E-state index >= 15 is 0 Å². The Labute approximate surface area is 502 Å². The van der Waals surface area contributed by atoms with Gasteiger partial charge in [0.25, 0.3) is 0 Å². The van der Waals surface area contributed by atoms with Crippen molar-refractivity contribution in [1.29, 1.82) is 0 Å². The summed E-state index contributed by atoms with van der Waals surface area (Å²) >= 11 is 0. The van der Waals surface area contributed by atoms with Crippen molar-refractivity contribution in [3.05, 3.63) is 253 Å². The summed E-state index contributed by atoms with van der Waals surface area (Å²) in [7, 11) is 0. The van der Waals surface area contributed by atoms with Crippen LogP contribution < -0.4 is 29.9 Å². The molecule has 0 radical (unpaired) electrons. The van der Waals surface area contributed by atoms with Crippen LogP contribution in [0.3, 0.4) is 0 Å². The van der Waals surface area contributed by atoms with Gasteiger partial charge in [-0.15, -0.1) is 34.2 Å². The first kappa shape index (κ1) is 59.2. The van der Waals surface area contributed by atoms with Crippen molar-refractivity contribution in [2.24, 2.45) is 0 Å². The number of aromatic nitrogens is 12. The molecular weight excluding hydrogens is 1140 g/mol. The third-order valence-electron chi connectivity index (χ3n) is 13.0. The predicted octanol–water partition coefficient (Wildman–Crippen LogP) is 11.4. The van der Waals surface area contributed by atoms with E-state index in [-0.39, 0.29) is 63.0 Å². The quantitative estimate of drug-likeness (QED) is 0.105. The molecule has 2 saturated heterocycles. The van der Waals surface area contributed by atoms with Gasteiger partial charge in [-0.1, -0.05) is 109 Å². The van der Waals surface area contributed by atoms with Crippen LogP contribution in [-0.2, 0) is 60.7 Å². The number of ether oxygens (including phenoxy) is 2. The topological polar surface area (TPSA) is 180 Å². The number of hydrogen-bond donors (Lipinski definition) is 0. The average molecular weight is 1190 g/mol. The van der Waals surface area contributed by atoms with Gasteiger partial charge in [0.05, 0.1) is 0 Å². The molecule has 81 heavy (non-hydrogen) atoms. The molecule has 12 aromatic heterocycles. The SMILES string of the molecule is C1CCOC1.C1CCOC1.[Fe+2].[Fe+2].[Fe+2].c1ccc(-c2ccc(C(c3ccc(-c4ccccn4)[n-]3)c3ccc(-c4ccccn4)[n-]3)[n-]2)nc1.c1ccc(-c2ccc(C(c3ccc(-c4ccccn4)[n-]3)c3ccc(-c4ccccn4)[n-]3)[n-]2)nc1. The molecule has 0 N–H and O–H groups in total. The van der Waals surface area contributed by atoms with Crippen molar-refractivity contribution in [2.75, 3.05) is 26.4 Å². The molecule has 2 aliphatic rings. The van der Waals surface area contributed by atoms with Crippen molar-refractivity contribution in [2.45, 2.75) is 37.5 Å². The Hall–Kier alpha value is -7.94. The molecule has 0 aliphatic carbocycles. The van der Waals surface area contributed by atoms with E-state index in [0.29, 0.717) is 0 Å². The minimum absolute atomic E-state index is 0. The van der Waals surface area contributed by atoms with Crippen LogP contribution in [-0.4, -0.2) is 56.3 Å². The zero-order valence-electron chi connectivity index (χ0n) is 43.8. The maximum atomic E-state index is 4.94. The van der Waals surface area contributed by atoms with Crippen molar-refractivity contribution in [3.8, 4) is 68.3 Å². The summed E-state index contributed by atoms with van der Waals surface area (Å²) in [4.78, 5) is 56.2. The number of rotatable bonds is 12. The Morgan fingerprint density at radius 2 is 0.432 bits per heavy atom. The standard InChI is InChI=1S/2C28H19N6.2C4H8O.3Fe/c2*1-4-16-29-19(7-1)22-10-13-25(32-22)28(26-14-11-23(33-26)20-8-2-5-17-30-20)27-15-12-24(34-27)21-9-3-6-18-31-21;2*1-2-4-5-3-1;;;/h2*1-18,28H;2*1-4H2;;;/q2*-3;;;3*+2. The first-order valence-corrected chi connectivity index (χ1v) is 26.2. The monoisotopic (exact) mass is 1190 g/mol. The van der Waals surface area contributed by atoms with Crippen LogP contribution in [0, 0.1) is 0 Å². The van der Waals surface area contributed by atoms with Crippen LogP contribution >= 0.6 is 0 Å². The number of nitrogens with zero attached hydrogens (tertiary/aromatic N) is 12. The first-order chi connectivity index (χ1) is 38.7. The second kappa shape index (κ2) is 30.0. The third kappa shape index (κ3) is 15.3. The van der Waals surface area contributed by atoms with E-state index in [1.165, 1.54) is 25.7 Å². The summed E-state index contributed by atoms with van der Waals surface area (Å²) in [5.41, 5.74) is 15.2. The molecular formula is C64H54Fe3N12O2. The Morgan fingerprint density at radius 3 is 0.568 bits per heavy atom. The van der Waals surface area contributed by atoms with E-state index in [1.807, 2.05) is 182 Å². The summed E-state index contributed by atoms with van der Waals surface area (Å²) < 4.78 is 9.89. The van der Waals surface area contributed by atoms with Crippen molar-refractivity contribution in [3.63, 3.8) is 0 Å². The van der Waals surface area contributed by atoms with Gasteiger partial charge < -0.3 is 39.4 Å². The number of hydrogen-bond acceptors (Lipinski definition) is 8. The van der Waals surface area contributed by atoms with Gasteiger partial charge in [0.2, 0.25) is 0 Å². The normalized spacial score (nSPS) is 12.4. The molecule has 2 fully saturated rings. The molecule has 14 rings (SSSR count). The second-order valence-corrected chi connectivity index (χ2v) is 18.3. The first-order valence-electron chi connectivity index (χ1n) is 26.2. The van der Waals surface area contributed by atoms with E-state index in [1.54, 1.807) is 37.2 Å². The molecule has 2 aliphatic heterocycles. The molecule has 14 heterocycles. The fourth-order valence-electron chi connectivity index (χ4n) is 9.10. The maximum Gasteiger partial charge on any atom is 2.00 e. The largest absolute Gasteiger partial charge is 2.00 e. The molecule has 0 amide bonds. The van der Waals surface area contributed by atoms with Gasteiger partial charge in [-0.05, 0) is 110 Å². The third-order valence-corrected chi connectivity index (χ3v) is 13.0. The van der Waals surface area contributed by atoms with E-state index in [4.69, 9.17) is 39.4 Å². The smallest absolute Gasteiger partial charge is 0.659 e. The van der Waals surface area contributed by atoms with Gasteiger partial charge in [0, 0.05) is 97.8 Å². The van der Waals surface area contributed by atoms with Gasteiger partial charge in [0.15, 0.2) is 0 Å².